The molecule has 0 aliphatic heterocycles. The van der Waals surface area contributed by atoms with Crippen molar-refractivity contribution >= 4 is 26.0 Å². The fourth-order valence-electron chi connectivity index (χ4n) is 3.06. The van der Waals surface area contributed by atoms with Crippen LogP contribution < -0.4 is 4.72 Å². The molecule has 1 fully saturated rings. The summed E-state index contributed by atoms with van der Waals surface area (Å²) in [6, 6.07) is 3.91. The number of nitrogens with one attached hydrogen (secondary N) is 1. The zero-order chi connectivity index (χ0) is 15.6. The van der Waals surface area contributed by atoms with Gasteiger partial charge in [-0.2, -0.15) is 0 Å². The maximum absolute atomic E-state index is 13.9. The average Bonchev–Trinajstić information content (AvgIpc) is 2.37. The molecule has 2 unspecified atom stereocenters. The van der Waals surface area contributed by atoms with E-state index in [0.717, 1.165) is 25.7 Å². The summed E-state index contributed by atoms with van der Waals surface area (Å²) in [7, 11) is -3.82. The lowest BCUT2D eigenvalue weighted by molar-refractivity contribution is 0.226. The first kappa shape index (κ1) is 16.9. The number of sulfonamides is 1. The third-order valence-corrected chi connectivity index (χ3v) is 6.18. The molecule has 3 nitrogen and oxygen atoms in total. The van der Waals surface area contributed by atoms with Crippen LogP contribution in [0.2, 0.25) is 0 Å². The van der Waals surface area contributed by atoms with E-state index in [4.69, 9.17) is 0 Å². The maximum Gasteiger partial charge on any atom is 0.243 e. The number of hydrogen-bond acceptors (Lipinski definition) is 2. The lowest BCUT2D eigenvalue weighted by atomic mass is 9.78. The summed E-state index contributed by atoms with van der Waals surface area (Å²) in [5.74, 6) is -0.00594. The monoisotopic (exact) mass is 377 g/mol. The van der Waals surface area contributed by atoms with Gasteiger partial charge < -0.3 is 0 Å². The second-order valence-electron chi connectivity index (χ2n) is 5.99. The highest BCUT2D eigenvalue weighted by Crippen LogP contribution is 2.31. The Labute approximate surface area is 134 Å². The van der Waals surface area contributed by atoms with Crippen LogP contribution in [0.5, 0.6) is 0 Å². The molecular formula is C15H21BrFNO2S. The SMILES string of the molecule is CC(C)C1CCCCC1NS(=O)(=O)c1ccc(Br)cc1F. The molecule has 118 valence electrons. The minimum Gasteiger partial charge on any atom is -0.208 e. The highest BCUT2D eigenvalue weighted by molar-refractivity contribution is 9.10. The molecule has 0 bridgehead atoms. The van der Waals surface area contributed by atoms with E-state index in [-0.39, 0.29) is 10.9 Å². The van der Waals surface area contributed by atoms with E-state index in [9.17, 15) is 12.8 Å². The molecule has 1 N–H and O–H groups in total. The van der Waals surface area contributed by atoms with Crippen LogP contribution in [0.25, 0.3) is 0 Å². The summed E-state index contributed by atoms with van der Waals surface area (Å²) in [5, 5.41) is 0. The molecule has 2 rings (SSSR count). The Morgan fingerprint density at radius 3 is 2.57 bits per heavy atom. The van der Waals surface area contributed by atoms with Gasteiger partial charge in [0.2, 0.25) is 10.0 Å². The topological polar surface area (TPSA) is 46.2 Å². The molecule has 0 heterocycles. The largest absolute Gasteiger partial charge is 0.243 e. The van der Waals surface area contributed by atoms with E-state index in [1.165, 1.54) is 12.1 Å². The van der Waals surface area contributed by atoms with Gasteiger partial charge in [0.15, 0.2) is 0 Å². The fourth-order valence-corrected chi connectivity index (χ4v) is 4.77. The van der Waals surface area contributed by atoms with Crippen LogP contribution >= 0.6 is 15.9 Å². The summed E-state index contributed by atoms with van der Waals surface area (Å²) < 4.78 is 42.0. The summed E-state index contributed by atoms with van der Waals surface area (Å²) in [4.78, 5) is -0.279. The van der Waals surface area contributed by atoms with Gasteiger partial charge in [-0.15, -0.1) is 0 Å². The van der Waals surface area contributed by atoms with Crippen LogP contribution in [0.4, 0.5) is 4.39 Å². The first-order valence-electron chi connectivity index (χ1n) is 7.28. The summed E-state index contributed by atoms with van der Waals surface area (Å²) in [6.07, 6.45) is 3.99. The maximum atomic E-state index is 13.9. The molecular weight excluding hydrogens is 357 g/mol. The molecule has 1 aromatic rings. The molecule has 6 heteroatoms. The lowest BCUT2D eigenvalue weighted by Crippen LogP contribution is -2.44. The third-order valence-electron chi connectivity index (χ3n) is 4.17. The zero-order valence-electron chi connectivity index (χ0n) is 12.3. The van der Waals surface area contributed by atoms with Crippen LogP contribution in [-0.2, 0) is 10.0 Å². The molecule has 2 atom stereocenters. The van der Waals surface area contributed by atoms with Crippen LogP contribution in [0.1, 0.15) is 39.5 Å². The van der Waals surface area contributed by atoms with E-state index in [0.29, 0.717) is 16.3 Å². The minimum absolute atomic E-state index is 0.105. The van der Waals surface area contributed by atoms with Crippen molar-refractivity contribution in [3.05, 3.63) is 28.5 Å². The van der Waals surface area contributed by atoms with Gasteiger partial charge in [-0.25, -0.2) is 17.5 Å². The van der Waals surface area contributed by atoms with Gasteiger partial charge in [0.25, 0.3) is 0 Å². The van der Waals surface area contributed by atoms with Gasteiger partial charge in [-0.05, 0) is 42.9 Å². The Bertz CT molecular complexity index is 604. The molecule has 0 aromatic heterocycles. The number of hydrogen-bond donors (Lipinski definition) is 1. The van der Waals surface area contributed by atoms with Gasteiger partial charge in [0.05, 0.1) is 0 Å². The minimum atomic E-state index is -3.82. The Kier molecular flexibility index (Phi) is 5.43. The fraction of sp³-hybridized carbons (Fsp3) is 0.600. The van der Waals surface area contributed by atoms with E-state index in [1.54, 1.807) is 6.07 Å². The van der Waals surface area contributed by atoms with Crippen LogP contribution in [-0.4, -0.2) is 14.5 Å². The Hall–Kier alpha value is -0.460. The van der Waals surface area contributed by atoms with Crippen molar-refractivity contribution < 1.29 is 12.8 Å². The second kappa shape index (κ2) is 6.75. The second-order valence-corrected chi connectivity index (χ2v) is 8.59. The molecule has 0 spiro atoms. The molecule has 0 amide bonds. The van der Waals surface area contributed by atoms with Crippen molar-refractivity contribution in [2.45, 2.75) is 50.5 Å². The van der Waals surface area contributed by atoms with Crippen molar-refractivity contribution in [1.82, 2.24) is 4.72 Å². The molecule has 1 aliphatic rings. The van der Waals surface area contributed by atoms with Crippen molar-refractivity contribution in [1.29, 1.82) is 0 Å². The van der Waals surface area contributed by atoms with Crippen LogP contribution in [0, 0.1) is 17.7 Å². The van der Waals surface area contributed by atoms with Gasteiger partial charge in [0, 0.05) is 10.5 Å². The Balaban J connectivity index is 2.23. The molecule has 1 saturated carbocycles. The summed E-state index contributed by atoms with van der Waals surface area (Å²) >= 11 is 3.13. The normalized spacial score (nSPS) is 23.5. The summed E-state index contributed by atoms with van der Waals surface area (Å²) in [5.41, 5.74) is 0. The summed E-state index contributed by atoms with van der Waals surface area (Å²) in [6.45, 7) is 4.22. The molecule has 1 aromatic carbocycles. The first-order valence-corrected chi connectivity index (χ1v) is 9.56. The third kappa shape index (κ3) is 4.05. The standard InChI is InChI=1S/C15H21BrFNO2S/c1-10(2)12-5-3-4-6-14(12)18-21(19,20)15-8-7-11(16)9-13(15)17/h7-10,12,14,18H,3-6H2,1-2H3. The smallest absolute Gasteiger partial charge is 0.208 e. The number of halogens is 2. The van der Waals surface area contributed by atoms with E-state index >= 15 is 0 Å². The predicted octanol–water partition coefficient (Wildman–Crippen LogP) is 4.08. The van der Waals surface area contributed by atoms with Gasteiger partial charge in [-0.1, -0.05) is 42.6 Å². The Morgan fingerprint density at radius 1 is 1.29 bits per heavy atom. The van der Waals surface area contributed by atoms with Gasteiger partial charge >= 0.3 is 0 Å². The first-order chi connectivity index (χ1) is 9.81. The molecule has 21 heavy (non-hydrogen) atoms. The van der Waals surface area contributed by atoms with Crippen LogP contribution in [0.15, 0.2) is 27.6 Å². The van der Waals surface area contributed by atoms with E-state index in [1.807, 2.05) is 0 Å². The van der Waals surface area contributed by atoms with Gasteiger partial charge in [-0.3, -0.25) is 0 Å². The highest BCUT2D eigenvalue weighted by atomic mass is 79.9. The van der Waals surface area contributed by atoms with Crippen molar-refractivity contribution in [2.24, 2.45) is 11.8 Å². The van der Waals surface area contributed by atoms with E-state index in [2.05, 4.69) is 34.5 Å². The highest BCUT2D eigenvalue weighted by Gasteiger charge is 2.32. The predicted molar refractivity (Wildman–Crippen MR) is 85.0 cm³/mol. The molecule has 1 aliphatic carbocycles. The average molecular weight is 378 g/mol. The van der Waals surface area contributed by atoms with E-state index < -0.39 is 15.8 Å². The number of rotatable bonds is 4. The quantitative estimate of drug-likeness (QED) is 0.858. The Morgan fingerprint density at radius 2 is 1.95 bits per heavy atom. The van der Waals surface area contributed by atoms with Crippen LogP contribution in [0.3, 0.4) is 0 Å². The lowest BCUT2D eigenvalue weighted by Gasteiger charge is -2.34. The number of benzene rings is 1. The van der Waals surface area contributed by atoms with Gasteiger partial charge in [0.1, 0.15) is 10.7 Å². The molecule has 0 saturated heterocycles. The molecule has 0 radical (unpaired) electrons. The van der Waals surface area contributed by atoms with Crippen molar-refractivity contribution in [3.8, 4) is 0 Å². The zero-order valence-corrected chi connectivity index (χ0v) is 14.7. The van der Waals surface area contributed by atoms with Crippen molar-refractivity contribution in [2.75, 3.05) is 0 Å². The van der Waals surface area contributed by atoms with Crippen molar-refractivity contribution in [3.63, 3.8) is 0 Å².